The molecule has 0 fully saturated rings. The van der Waals surface area contributed by atoms with Gasteiger partial charge >= 0.3 is 0 Å². The minimum atomic E-state index is -3.68. The van der Waals surface area contributed by atoms with Gasteiger partial charge in [0, 0.05) is 23.4 Å². The van der Waals surface area contributed by atoms with E-state index in [1.165, 1.54) is 6.20 Å². The predicted octanol–water partition coefficient (Wildman–Crippen LogP) is 1.53. The largest absolute Gasteiger partial charge is 0.334 e. The second kappa shape index (κ2) is 3.67. The first-order valence-electron chi connectivity index (χ1n) is 3.93. The second-order valence-corrected chi connectivity index (χ2v) is 5.27. The SMILES string of the molecule is CCCn1cc(S(=O)(=O)Cl)nc1C. The molecule has 0 radical (unpaired) electrons. The third-order valence-corrected chi connectivity index (χ3v) is 2.84. The highest BCUT2D eigenvalue weighted by Crippen LogP contribution is 2.14. The number of aryl methyl sites for hydroxylation is 2. The summed E-state index contributed by atoms with van der Waals surface area (Å²) >= 11 is 0. The van der Waals surface area contributed by atoms with Crippen LogP contribution in [0.2, 0.25) is 0 Å². The molecule has 0 saturated heterocycles. The van der Waals surface area contributed by atoms with Crippen LogP contribution in [0.25, 0.3) is 0 Å². The van der Waals surface area contributed by atoms with Crippen LogP contribution in [-0.2, 0) is 15.6 Å². The van der Waals surface area contributed by atoms with Crippen LogP contribution in [0.5, 0.6) is 0 Å². The molecule has 0 aromatic carbocycles. The van der Waals surface area contributed by atoms with Gasteiger partial charge < -0.3 is 4.57 Å². The van der Waals surface area contributed by atoms with E-state index in [4.69, 9.17) is 10.7 Å². The zero-order chi connectivity index (χ0) is 10.1. The fourth-order valence-corrected chi connectivity index (χ4v) is 1.78. The highest BCUT2D eigenvalue weighted by atomic mass is 35.7. The van der Waals surface area contributed by atoms with Gasteiger partial charge in [0.15, 0.2) is 5.03 Å². The molecule has 0 bridgehead atoms. The van der Waals surface area contributed by atoms with E-state index in [0.29, 0.717) is 5.82 Å². The van der Waals surface area contributed by atoms with Gasteiger partial charge in [-0.1, -0.05) is 6.92 Å². The maximum Gasteiger partial charge on any atom is 0.280 e. The summed E-state index contributed by atoms with van der Waals surface area (Å²) in [5.41, 5.74) is 0. The molecule has 0 aliphatic heterocycles. The molecule has 0 spiro atoms. The molecule has 1 heterocycles. The number of rotatable bonds is 3. The van der Waals surface area contributed by atoms with Crippen LogP contribution in [0.1, 0.15) is 19.2 Å². The van der Waals surface area contributed by atoms with E-state index >= 15 is 0 Å². The molecule has 6 heteroatoms. The molecular formula is C7H11ClN2O2S. The first-order valence-corrected chi connectivity index (χ1v) is 6.24. The number of hydrogen-bond acceptors (Lipinski definition) is 3. The van der Waals surface area contributed by atoms with Crippen molar-refractivity contribution >= 4 is 19.7 Å². The molecule has 1 aromatic heterocycles. The van der Waals surface area contributed by atoms with Gasteiger partial charge in [0.1, 0.15) is 5.82 Å². The van der Waals surface area contributed by atoms with Crippen molar-refractivity contribution in [2.75, 3.05) is 0 Å². The quantitative estimate of drug-likeness (QED) is 0.729. The second-order valence-electron chi connectivity index (χ2n) is 2.76. The summed E-state index contributed by atoms with van der Waals surface area (Å²) in [7, 11) is 1.46. The van der Waals surface area contributed by atoms with Crippen molar-refractivity contribution < 1.29 is 8.42 Å². The fraction of sp³-hybridized carbons (Fsp3) is 0.571. The van der Waals surface area contributed by atoms with Crippen molar-refractivity contribution in [3.05, 3.63) is 12.0 Å². The first-order chi connectivity index (χ1) is 5.95. The number of imidazole rings is 1. The maximum atomic E-state index is 10.9. The summed E-state index contributed by atoms with van der Waals surface area (Å²) in [4.78, 5) is 3.84. The molecule has 13 heavy (non-hydrogen) atoms. The van der Waals surface area contributed by atoms with Crippen LogP contribution < -0.4 is 0 Å². The smallest absolute Gasteiger partial charge is 0.280 e. The summed E-state index contributed by atoms with van der Waals surface area (Å²) in [6, 6.07) is 0. The lowest BCUT2D eigenvalue weighted by atomic mass is 10.5. The van der Waals surface area contributed by atoms with Gasteiger partial charge in [0.2, 0.25) is 0 Å². The van der Waals surface area contributed by atoms with Crippen molar-refractivity contribution in [3.63, 3.8) is 0 Å². The van der Waals surface area contributed by atoms with Crippen LogP contribution in [-0.4, -0.2) is 18.0 Å². The van der Waals surface area contributed by atoms with Crippen LogP contribution >= 0.6 is 10.7 Å². The summed E-state index contributed by atoms with van der Waals surface area (Å²) in [5, 5.41) is -0.0693. The monoisotopic (exact) mass is 222 g/mol. The number of halogens is 1. The zero-order valence-corrected chi connectivity index (χ0v) is 9.06. The predicted molar refractivity (Wildman–Crippen MR) is 50.3 cm³/mol. The Morgan fingerprint density at radius 2 is 2.23 bits per heavy atom. The minimum absolute atomic E-state index is 0.0693. The van der Waals surface area contributed by atoms with E-state index in [9.17, 15) is 8.42 Å². The van der Waals surface area contributed by atoms with Gasteiger partial charge in [-0.3, -0.25) is 0 Å². The first kappa shape index (κ1) is 10.5. The Hall–Kier alpha value is -0.550. The van der Waals surface area contributed by atoms with Gasteiger partial charge in [-0.05, 0) is 13.3 Å². The number of nitrogens with zero attached hydrogens (tertiary/aromatic N) is 2. The standard InChI is InChI=1S/C7H11ClN2O2S/c1-3-4-10-5-7(9-6(10)2)13(8,11)12/h5H,3-4H2,1-2H3. The molecule has 0 unspecified atom stereocenters. The molecule has 0 amide bonds. The highest BCUT2D eigenvalue weighted by molar-refractivity contribution is 8.13. The third kappa shape index (κ3) is 2.45. The van der Waals surface area contributed by atoms with Crippen LogP contribution in [0.15, 0.2) is 11.2 Å². The average Bonchev–Trinajstić information content (AvgIpc) is 2.32. The Labute approximate surface area is 82.0 Å². The van der Waals surface area contributed by atoms with Gasteiger partial charge in [-0.2, -0.15) is 0 Å². The van der Waals surface area contributed by atoms with Crippen molar-refractivity contribution in [1.29, 1.82) is 0 Å². The fourth-order valence-electron chi connectivity index (χ4n) is 1.06. The lowest BCUT2D eigenvalue weighted by Gasteiger charge is -1.99. The number of aromatic nitrogens is 2. The molecule has 1 rings (SSSR count). The molecule has 0 aliphatic carbocycles. The Morgan fingerprint density at radius 3 is 2.62 bits per heavy atom. The lowest BCUT2D eigenvalue weighted by molar-refractivity contribution is 0.606. The molecule has 0 atom stereocenters. The van der Waals surface area contributed by atoms with E-state index < -0.39 is 9.05 Å². The molecule has 0 N–H and O–H groups in total. The molecule has 74 valence electrons. The van der Waals surface area contributed by atoms with Crippen LogP contribution in [0.3, 0.4) is 0 Å². The molecule has 1 aromatic rings. The molecule has 0 saturated carbocycles. The van der Waals surface area contributed by atoms with Gasteiger partial charge in [0.05, 0.1) is 0 Å². The van der Waals surface area contributed by atoms with Crippen molar-refractivity contribution in [2.24, 2.45) is 0 Å². The summed E-state index contributed by atoms with van der Waals surface area (Å²) in [6.07, 6.45) is 2.39. The van der Waals surface area contributed by atoms with E-state index in [1.54, 1.807) is 11.5 Å². The topological polar surface area (TPSA) is 52.0 Å². The molecule has 0 aliphatic rings. The van der Waals surface area contributed by atoms with E-state index in [0.717, 1.165) is 13.0 Å². The van der Waals surface area contributed by atoms with Crippen LogP contribution in [0, 0.1) is 6.92 Å². The van der Waals surface area contributed by atoms with E-state index in [2.05, 4.69) is 4.98 Å². The van der Waals surface area contributed by atoms with Gasteiger partial charge in [-0.25, -0.2) is 13.4 Å². The Balaban J connectivity index is 3.09. The summed E-state index contributed by atoms with van der Waals surface area (Å²) < 4.78 is 23.6. The maximum absolute atomic E-state index is 10.9. The molecular weight excluding hydrogens is 212 g/mol. The highest BCUT2D eigenvalue weighted by Gasteiger charge is 2.15. The molecule has 4 nitrogen and oxygen atoms in total. The van der Waals surface area contributed by atoms with Crippen molar-refractivity contribution in [2.45, 2.75) is 31.8 Å². The van der Waals surface area contributed by atoms with E-state index in [1.807, 2.05) is 6.92 Å². The Bertz CT molecular complexity index is 397. The lowest BCUT2D eigenvalue weighted by Crippen LogP contribution is -1.96. The van der Waals surface area contributed by atoms with E-state index in [-0.39, 0.29) is 5.03 Å². The van der Waals surface area contributed by atoms with Crippen molar-refractivity contribution in [1.82, 2.24) is 9.55 Å². The minimum Gasteiger partial charge on any atom is -0.334 e. The van der Waals surface area contributed by atoms with Crippen molar-refractivity contribution in [3.8, 4) is 0 Å². The zero-order valence-electron chi connectivity index (χ0n) is 7.49. The normalized spacial score (nSPS) is 11.9. The van der Waals surface area contributed by atoms with Gasteiger partial charge in [-0.15, -0.1) is 0 Å². The Morgan fingerprint density at radius 1 is 1.62 bits per heavy atom. The van der Waals surface area contributed by atoms with Gasteiger partial charge in [0.25, 0.3) is 9.05 Å². The Kier molecular flexibility index (Phi) is 2.98. The average molecular weight is 223 g/mol. The summed E-state index contributed by atoms with van der Waals surface area (Å²) in [5.74, 6) is 0.668. The third-order valence-electron chi connectivity index (χ3n) is 1.67. The van der Waals surface area contributed by atoms with Crippen LogP contribution in [0.4, 0.5) is 0 Å². The number of hydrogen-bond donors (Lipinski definition) is 0. The summed E-state index contributed by atoms with van der Waals surface area (Å²) in [6.45, 7) is 4.51.